The fourth-order valence-corrected chi connectivity index (χ4v) is 1.37. The van der Waals surface area contributed by atoms with Crippen molar-refractivity contribution in [1.29, 1.82) is 0 Å². The minimum absolute atomic E-state index is 0.00694. The van der Waals surface area contributed by atoms with Crippen LogP contribution < -0.4 is 0 Å². The zero-order valence-electron chi connectivity index (χ0n) is 8.46. The first kappa shape index (κ1) is 10.5. The van der Waals surface area contributed by atoms with Crippen LogP contribution in [-0.4, -0.2) is 5.78 Å². The van der Waals surface area contributed by atoms with Gasteiger partial charge in [-0.15, -0.1) is 0 Å². The Kier molecular flexibility index (Phi) is 2.56. The van der Waals surface area contributed by atoms with Crippen molar-refractivity contribution in [2.45, 2.75) is 6.92 Å². The SMILES string of the molecule is CC(=O)c1ccc(-c2cccc(F)c2F)o1. The van der Waals surface area contributed by atoms with E-state index in [0.29, 0.717) is 0 Å². The summed E-state index contributed by atoms with van der Waals surface area (Å²) in [6.45, 7) is 1.34. The fourth-order valence-electron chi connectivity index (χ4n) is 1.37. The van der Waals surface area contributed by atoms with Crippen LogP contribution in [0.2, 0.25) is 0 Å². The van der Waals surface area contributed by atoms with Crippen LogP contribution >= 0.6 is 0 Å². The van der Waals surface area contributed by atoms with Crippen LogP contribution in [0.15, 0.2) is 34.7 Å². The number of furan rings is 1. The molecule has 4 heteroatoms. The Bertz CT molecular complexity index is 544. The summed E-state index contributed by atoms with van der Waals surface area (Å²) in [5.41, 5.74) is 0.00694. The van der Waals surface area contributed by atoms with Gasteiger partial charge >= 0.3 is 0 Å². The number of hydrogen-bond acceptors (Lipinski definition) is 2. The van der Waals surface area contributed by atoms with Gasteiger partial charge in [0.1, 0.15) is 5.76 Å². The van der Waals surface area contributed by atoms with Gasteiger partial charge in [-0.25, -0.2) is 8.78 Å². The molecule has 0 spiro atoms. The molecule has 0 saturated heterocycles. The molecule has 0 aliphatic carbocycles. The van der Waals surface area contributed by atoms with Crippen LogP contribution in [0, 0.1) is 11.6 Å². The van der Waals surface area contributed by atoms with Crippen molar-refractivity contribution in [2.24, 2.45) is 0 Å². The van der Waals surface area contributed by atoms with Crippen LogP contribution in [0.4, 0.5) is 8.78 Å². The molecule has 0 atom stereocenters. The van der Waals surface area contributed by atoms with Crippen LogP contribution in [0.5, 0.6) is 0 Å². The van der Waals surface area contributed by atoms with Crippen molar-refractivity contribution in [3.05, 3.63) is 47.7 Å². The molecule has 1 heterocycles. The van der Waals surface area contributed by atoms with Gasteiger partial charge < -0.3 is 4.42 Å². The van der Waals surface area contributed by atoms with Gasteiger partial charge in [0.25, 0.3) is 0 Å². The summed E-state index contributed by atoms with van der Waals surface area (Å²) in [5, 5.41) is 0. The van der Waals surface area contributed by atoms with E-state index >= 15 is 0 Å². The lowest BCUT2D eigenvalue weighted by atomic mass is 10.1. The number of halogens is 2. The highest BCUT2D eigenvalue weighted by Crippen LogP contribution is 2.26. The Hall–Kier alpha value is -1.97. The second-order valence-corrected chi connectivity index (χ2v) is 3.32. The van der Waals surface area contributed by atoms with E-state index in [9.17, 15) is 13.6 Å². The number of hydrogen-bond donors (Lipinski definition) is 0. The van der Waals surface area contributed by atoms with Crippen molar-refractivity contribution in [3.63, 3.8) is 0 Å². The first-order chi connectivity index (χ1) is 7.59. The van der Waals surface area contributed by atoms with Gasteiger partial charge in [0.15, 0.2) is 23.2 Å². The molecule has 2 nitrogen and oxygen atoms in total. The molecular formula is C12H8F2O2. The monoisotopic (exact) mass is 222 g/mol. The van der Waals surface area contributed by atoms with Crippen molar-refractivity contribution in [3.8, 4) is 11.3 Å². The molecule has 0 fully saturated rings. The normalized spacial score (nSPS) is 10.4. The molecule has 2 rings (SSSR count). The van der Waals surface area contributed by atoms with E-state index in [-0.39, 0.29) is 22.9 Å². The van der Waals surface area contributed by atoms with E-state index < -0.39 is 11.6 Å². The van der Waals surface area contributed by atoms with E-state index in [1.807, 2.05) is 0 Å². The maximum Gasteiger partial charge on any atom is 0.194 e. The molecule has 0 bridgehead atoms. The lowest BCUT2D eigenvalue weighted by Gasteiger charge is -1.99. The van der Waals surface area contributed by atoms with E-state index in [0.717, 1.165) is 6.07 Å². The quantitative estimate of drug-likeness (QED) is 0.728. The van der Waals surface area contributed by atoms with Gasteiger partial charge in [0.05, 0.1) is 5.56 Å². The van der Waals surface area contributed by atoms with E-state index in [1.165, 1.54) is 31.2 Å². The Balaban J connectivity index is 2.50. The molecule has 0 unspecified atom stereocenters. The molecule has 0 aliphatic heterocycles. The van der Waals surface area contributed by atoms with Crippen LogP contribution in [0.1, 0.15) is 17.5 Å². The molecule has 0 amide bonds. The molecule has 1 aromatic carbocycles. The predicted molar refractivity (Wildman–Crippen MR) is 54.1 cm³/mol. The summed E-state index contributed by atoms with van der Waals surface area (Å²) in [5.74, 6) is -1.92. The smallest absolute Gasteiger partial charge is 0.194 e. The van der Waals surface area contributed by atoms with Crippen molar-refractivity contribution in [1.82, 2.24) is 0 Å². The summed E-state index contributed by atoms with van der Waals surface area (Å²) in [6.07, 6.45) is 0. The van der Waals surface area contributed by atoms with Crippen LogP contribution in [-0.2, 0) is 0 Å². The van der Waals surface area contributed by atoms with E-state index in [4.69, 9.17) is 4.42 Å². The van der Waals surface area contributed by atoms with Gasteiger partial charge in [-0.1, -0.05) is 6.07 Å². The number of carbonyl (C=O) groups is 1. The lowest BCUT2D eigenvalue weighted by molar-refractivity contribution is 0.0988. The largest absolute Gasteiger partial charge is 0.453 e. The van der Waals surface area contributed by atoms with Gasteiger partial charge in [-0.05, 0) is 24.3 Å². The third-order valence-corrected chi connectivity index (χ3v) is 2.17. The Labute approximate surface area is 90.5 Å². The summed E-state index contributed by atoms with van der Waals surface area (Å²) < 4.78 is 31.4. The van der Waals surface area contributed by atoms with Gasteiger partial charge in [-0.2, -0.15) is 0 Å². The Morgan fingerprint density at radius 3 is 2.56 bits per heavy atom. The van der Waals surface area contributed by atoms with Gasteiger partial charge in [-0.3, -0.25) is 4.79 Å². The topological polar surface area (TPSA) is 30.2 Å². The van der Waals surface area contributed by atoms with Crippen molar-refractivity contribution in [2.75, 3.05) is 0 Å². The Morgan fingerprint density at radius 1 is 1.19 bits per heavy atom. The van der Waals surface area contributed by atoms with Crippen molar-refractivity contribution < 1.29 is 18.0 Å². The molecule has 82 valence electrons. The van der Waals surface area contributed by atoms with Gasteiger partial charge in [0, 0.05) is 6.92 Å². The maximum atomic E-state index is 13.4. The molecule has 0 radical (unpaired) electrons. The van der Waals surface area contributed by atoms with E-state index in [1.54, 1.807) is 0 Å². The second kappa shape index (κ2) is 3.89. The fraction of sp³-hybridized carbons (Fsp3) is 0.0833. The molecule has 0 saturated carbocycles. The molecule has 16 heavy (non-hydrogen) atoms. The first-order valence-electron chi connectivity index (χ1n) is 4.65. The standard InChI is InChI=1S/C12H8F2O2/c1-7(15)10-5-6-11(16-10)8-3-2-4-9(13)12(8)14/h2-6H,1H3. The second-order valence-electron chi connectivity index (χ2n) is 3.32. The third-order valence-electron chi connectivity index (χ3n) is 2.17. The average Bonchev–Trinajstić information content (AvgIpc) is 2.71. The first-order valence-corrected chi connectivity index (χ1v) is 4.65. The maximum absolute atomic E-state index is 13.4. The van der Waals surface area contributed by atoms with Crippen molar-refractivity contribution >= 4 is 5.78 Å². The highest BCUT2D eigenvalue weighted by atomic mass is 19.2. The minimum atomic E-state index is -0.980. The van der Waals surface area contributed by atoms with E-state index in [2.05, 4.69) is 0 Å². The Morgan fingerprint density at radius 2 is 1.94 bits per heavy atom. The summed E-state index contributed by atoms with van der Waals surface area (Å²) >= 11 is 0. The number of ketones is 1. The summed E-state index contributed by atoms with van der Waals surface area (Å²) in [6, 6.07) is 6.66. The predicted octanol–water partition coefficient (Wildman–Crippen LogP) is 3.43. The minimum Gasteiger partial charge on any atom is -0.453 e. The number of carbonyl (C=O) groups excluding carboxylic acids is 1. The summed E-state index contributed by atoms with van der Waals surface area (Å²) in [7, 11) is 0. The number of benzene rings is 1. The molecule has 0 N–H and O–H groups in total. The van der Waals surface area contributed by atoms with Crippen LogP contribution in [0.25, 0.3) is 11.3 Å². The summed E-state index contributed by atoms with van der Waals surface area (Å²) in [4.78, 5) is 11.0. The molecule has 1 aromatic heterocycles. The highest BCUT2D eigenvalue weighted by Gasteiger charge is 2.14. The highest BCUT2D eigenvalue weighted by molar-refractivity contribution is 5.91. The molecule has 0 aliphatic rings. The zero-order valence-corrected chi connectivity index (χ0v) is 8.46. The van der Waals surface area contributed by atoms with Gasteiger partial charge in [0.2, 0.25) is 0 Å². The average molecular weight is 222 g/mol. The molecular weight excluding hydrogens is 214 g/mol. The van der Waals surface area contributed by atoms with Crippen LogP contribution in [0.3, 0.4) is 0 Å². The zero-order chi connectivity index (χ0) is 11.7. The molecule has 2 aromatic rings. The third kappa shape index (κ3) is 1.74. The lowest BCUT2D eigenvalue weighted by Crippen LogP contribution is -1.88. The number of rotatable bonds is 2. The number of Topliss-reactive ketones (excluding diaryl/α,β-unsaturated/α-hetero) is 1.